The van der Waals surface area contributed by atoms with E-state index in [1.807, 2.05) is 7.11 Å². The van der Waals surface area contributed by atoms with Gasteiger partial charge in [-0.15, -0.1) is 0 Å². The van der Waals surface area contributed by atoms with Crippen LogP contribution < -0.4 is 5.32 Å². The summed E-state index contributed by atoms with van der Waals surface area (Å²) in [6.45, 7) is 5.45. The van der Waals surface area contributed by atoms with Crippen molar-refractivity contribution in [2.45, 2.75) is 32.0 Å². The Kier molecular flexibility index (Phi) is 3.64. The molecule has 3 nitrogen and oxygen atoms in total. The van der Waals surface area contributed by atoms with Crippen molar-refractivity contribution in [3.05, 3.63) is 34.9 Å². The molecule has 1 aromatic rings. The smallest absolute Gasteiger partial charge is 0.0710 e. The Bertz CT molecular complexity index is 419. The lowest BCUT2D eigenvalue weighted by atomic mass is 9.98. The topological polar surface area (TPSA) is 24.5 Å². The van der Waals surface area contributed by atoms with Gasteiger partial charge in [0.25, 0.3) is 0 Å². The van der Waals surface area contributed by atoms with Gasteiger partial charge in [0.15, 0.2) is 0 Å². The van der Waals surface area contributed by atoms with Gasteiger partial charge in [0.05, 0.1) is 6.10 Å². The Hall–Kier alpha value is -0.900. The summed E-state index contributed by atoms with van der Waals surface area (Å²) in [5.74, 6) is 0. The predicted molar refractivity (Wildman–Crippen MR) is 72.5 cm³/mol. The van der Waals surface area contributed by atoms with Crippen molar-refractivity contribution in [2.75, 3.05) is 26.7 Å². The number of nitrogens with one attached hydrogen (secondary N) is 1. The van der Waals surface area contributed by atoms with Gasteiger partial charge < -0.3 is 10.1 Å². The standard InChI is InChI=1S/C15H22N2O/c1-18-15-5-7-17(11-15)10-12-2-3-13-4-6-16-9-14(13)8-12/h2-3,8,15-16H,4-7,9-11H2,1H3. The van der Waals surface area contributed by atoms with Crippen LogP contribution in [-0.2, 0) is 24.2 Å². The molecule has 18 heavy (non-hydrogen) atoms. The van der Waals surface area contributed by atoms with Gasteiger partial charge in [0.2, 0.25) is 0 Å². The molecule has 1 atom stereocenters. The van der Waals surface area contributed by atoms with E-state index in [4.69, 9.17) is 4.74 Å². The minimum atomic E-state index is 0.435. The van der Waals surface area contributed by atoms with Crippen LogP contribution in [0.25, 0.3) is 0 Å². The van der Waals surface area contributed by atoms with Crippen molar-refractivity contribution in [2.24, 2.45) is 0 Å². The fraction of sp³-hybridized carbons (Fsp3) is 0.600. The highest BCUT2D eigenvalue weighted by molar-refractivity contribution is 5.33. The summed E-state index contributed by atoms with van der Waals surface area (Å²) in [5, 5.41) is 3.44. The molecule has 0 spiro atoms. The van der Waals surface area contributed by atoms with E-state index in [1.54, 1.807) is 0 Å². The lowest BCUT2D eigenvalue weighted by Gasteiger charge is -2.20. The molecule has 1 fully saturated rings. The van der Waals surface area contributed by atoms with Crippen molar-refractivity contribution in [1.82, 2.24) is 10.2 Å². The number of methoxy groups -OCH3 is 1. The maximum atomic E-state index is 5.42. The summed E-state index contributed by atoms with van der Waals surface area (Å²) < 4.78 is 5.42. The van der Waals surface area contributed by atoms with Crippen LogP contribution in [0, 0.1) is 0 Å². The van der Waals surface area contributed by atoms with E-state index in [-0.39, 0.29) is 0 Å². The van der Waals surface area contributed by atoms with Crippen LogP contribution in [0.4, 0.5) is 0 Å². The van der Waals surface area contributed by atoms with Crippen molar-refractivity contribution in [3.8, 4) is 0 Å². The van der Waals surface area contributed by atoms with Crippen LogP contribution in [0.3, 0.4) is 0 Å². The number of ether oxygens (including phenoxy) is 1. The first kappa shape index (κ1) is 12.2. The molecule has 1 N–H and O–H groups in total. The Balaban J connectivity index is 1.66. The molecule has 2 aliphatic heterocycles. The molecule has 3 heteroatoms. The first-order valence-electron chi connectivity index (χ1n) is 6.91. The molecule has 1 unspecified atom stereocenters. The molecule has 0 aromatic heterocycles. The number of hydrogen-bond donors (Lipinski definition) is 1. The summed E-state index contributed by atoms with van der Waals surface area (Å²) in [7, 11) is 1.82. The molecule has 3 rings (SSSR count). The lowest BCUT2D eigenvalue weighted by molar-refractivity contribution is 0.107. The van der Waals surface area contributed by atoms with Crippen molar-refractivity contribution in [3.63, 3.8) is 0 Å². The number of hydrogen-bond acceptors (Lipinski definition) is 3. The largest absolute Gasteiger partial charge is 0.380 e. The Morgan fingerprint density at radius 3 is 3.17 bits per heavy atom. The Morgan fingerprint density at radius 2 is 2.33 bits per heavy atom. The molecule has 98 valence electrons. The average molecular weight is 246 g/mol. The van der Waals surface area contributed by atoms with E-state index in [1.165, 1.54) is 29.5 Å². The third-order valence-corrected chi connectivity index (χ3v) is 4.13. The summed E-state index contributed by atoms with van der Waals surface area (Å²) >= 11 is 0. The van der Waals surface area contributed by atoms with E-state index in [2.05, 4.69) is 28.4 Å². The zero-order valence-corrected chi connectivity index (χ0v) is 11.1. The van der Waals surface area contributed by atoms with Gasteiger partial charge in [-0.2, -0.15) is 0 Å². The summed E-state index contributed by atoms with van der Waals surface area (Å²) in [4.78, 5) is 2.49. The maximum absolute atomic E-state index is 5.42. The lowest BCUT2D eigenvalue weighted by Crippen LogP contribution is -2.25. The third kappa shape index (κ3) is 2.58. The Morgan fingerprint density at radius 1 is 1.39 bits per heavy atom. The minimum Gasteiger partial charge on any atom is -0.380 e. The highest BCUT2D eigenvalue weighted by Gasteiger charge is 2.22. The second-order valence-electron chi connectivity index (χ2n) is 5.41. The second-order valence-corrected chi connectivity index (χ2v) is 5.41. The van der Waals surface area contributed by atoms with Gasteiger partial charge in [0, 0.05) is 33.3 Å². The number of rotatable bonds is 3. The highest BCUT2D eigenvalue weighted by Crippen LogP contribution is 2.19. The van der Waals surface area contributed by atoms with E-state index in [9.17, 15) is 0 Å². The number of benzene rings is 1. The molecule has 0 amide bonds. The molecule has 0 radical (unpaired) electrons. The normalized spacial score (nSPS) is 24.2. The van der Waals surface area contributed by atoms with Crippen molar-refractivity contribution < 1.29 is 4.74 Å². The fourth-order valence-electron chi connectivity index (χ4n) is 3.02. The van der Waals surface area contributed by atoms with Gasteiger partial charge in [-0.05, 0) is 36.1 Å². The molecular weight excluding hydrogens is 224 g/mol. The van der Waals surface area contributed by atoms with Gasteiger partial charge in [-0.25, -0.2) is 0 Å². The van der Waals surface area contributed by atoms with E-state index >= 15 is 0 Å². The van der Waals surface area contributed by atoms with Gasteiger partial charge in [0.1, 0.15) is 0 Å². The molecule has 1 aromatic carbocycles. The first-order chi connectivity index (χ1) is 8.85. The van der Waals surface area contributed by atoms with E-state index in [0.717, 1.165) is 32.7 Å². The number of fused-ring (bicyclic) bond motifs is 1. The molecular formula is C15H22N2O. The first-order valence-corrected chi connectivity index (χ1v) is 6.91. The molecule has 2 heterocycles. The van der Waals surface area contributed by atoms with Gasteiger partial charge >= 0.3 is 0 Å². The molecule has 0 bridgehead atoms. The van der Waals surface area contributed by atoms with Crippen molar-refractivity contribution >= 4 is 0 Å². The average Bonchev–Trinajstić information content (AvgIpc) is 2.86. The highest BCUT2D eigenvalue weighted by atomic mass is 16.5. The van der Waals surface area contributed by atoms with Crippen LogP contribution in [0.5, 0.6) is 0 Å². The van der Waals surface area contributed by atoms with Crippen LogP contribution in [0.15, 0.2) is 18.2 Å². The van der Waals surface area contributed by atoms with E-state index < -0.39 is 0 Å². The SMILES string of the molecule is COC1CCN(Cc2ccc3c(c2)CNCC3)C1. The quantitative estimate of drug-likeness (QED) is 0.876. The minimum absolute atomic E-state index is 0.435. The van der Waals surface area contributed by atoms with Crippen LogP contribution in [0.1, 0.15) is 23.1 Å². The zero-order valence-electron chi connectivity index (χ0n) is 11.1. The molecule has 1 saturated heterocycles. The second kappa shape index (κ2) is 5.39. The fourth-order valence-corrected chi connectivity index (χ4v) is 3.02. The molecule has 2 aliphatic rings. The van der Waals surface area contributed by atoms with Crippen LogP contribution in [-0.4, -0.2) is 37.7 Å². The number of likely N-dealkylation sites (tertiary alicyclic amines) is 1. The predicted octanol–water partition coefficient (Wildman–Crippen LogP) is 1.55. The summed E-state index contributed by atoms with van der Waals surface area (Å²) in [5.41, 5.74) is 4.45. The van der Waals surface area contributed by atoms with Gasteiger partial charge in [-0.1, -0.05) is 18.2 Å². The monoisotopic (exact) mass is 246 g/mol. The summed E-state index contributed by atoms with van der Waals surface area (Å²) in [6, 6.07) is 6.99. The third-order valence-electron chi connectivity index (χ3n) is 4.13. The Labute approximate surface area is 109 Å². The maximum Gasteiger partial charge on any atom is 0.0710 e. The summed E-state index contributed by atoms with van der Waals surface area (Å²) in [6.07, 6.45) is 2.78. The van der Waals surface area contributed by atoms with E-state index in [0.29, 0.717) is 6.10 Å². The molecule has 0 aliphatic carbocycles. The molecule has 0 saturated carbocycles. The van der Waals surface area contributed by atoms with Crippen LogP contribution in [0.2, 0.25) is 0 Å². The zero-order chi connectivity index (χ0) is 12.4. The number of nitrogens with zero attached hydrogens (tertiary/aromatic N) is 1. The van der Waals surface area contributed by atoms with Crippen LogP contribution >= 0.6 is 0 Å². The van der Waals surface area contributed by atoms with Gasteiger partial charge in [-0.3, -0.25) is 4.90 Å². The van der Waals surface area contributed by atoms with Crippen molar-refractivity contribution in [1.29, 1.82) is 0 Å².